The Morgan fingerprint density at radius 3 is 0.879 bits per heavy atom. The Morgan fingerprint density at radius 1 is 0.333 bits per heavy atom. The van der Waals surface area contributed by atoms with Gasteiger partial charge in [-0.15, -0.1) is 0 Å². The van der Waals surface area contributed by atoms with Gasteiger partial charge in [-0.1, -0.05) is 224 Å². The zero-order valence-corrected chi connectivity index (χ0v) is 39.2. The van der Waals surface area contributed by atoms with Crippen molar-refractivity contribution in [1.82, 2.24) is 9.80 Å². The van der Waals surface area contributed by atoms with Crippen LogP contribution >= 0.6 is 7.26 Å². The van der Waals surface area contributed by atoms with Crippen LogP contribution in [0.4, 0.5) is 5.69 Å². The van der Waals surface area contributed by atoms with Gasteiger partial charge in [-0.3, -0.25) is 0 Å². The first-order chi connectivity index (χ1) is 32.5. The molecule has 324 valence electrons. The van der Waals surface area contributed by atoms with Crippen molar-refractivity contribution < 1.29 is 0 Å². The van der Waals surface area contributed by atoms with E-state index < -0.39 is 13.4 Å². The fourth-order valence-corrected chi connectivity index (χ4v) is 14.4. The van der Waals surface area contributed by atoms with E-state index in [1.54, 1.807) is 0 Å². The molecule has 0 atom stereocenters. The number of para-hydroxylation sites is 1. The lowest BCUT2D eigenvalue weighted by molar-refractivity contribution is 0.342. The van der Waals surface area contributed by atoms with Crippen LogP contribution in [0.3, 0.4) is 0 Å². The normalized spacial score (nSPS) is 11.4. The van der Waals surface area contributed by atoms with Gasteiger partial charge in [0, 0.05) is 33.8 Å². The zero-order chi connectivity index (χ0) is 45.6. The van der Waals surface area contributed by atoms with E-state index in [-0.39, 0.29) is 0 Å². The molecule has 0 aliphatic rings. The van der Waals surface area contributed by atoms with Gasteiger partial charge in [0.25, 0.3) is 0 Å². The van der Waals surface area contributed by atoms with Crippen molar-refractivity contribution in [3.05, 3.63) is 290 Å². The van der Waals surface area contributed by atoms with Crippen LogP contribution in [-0.2, 0) is 0 Å². The van der Waals surface area contributed by atoms with Crippen molar-refractivity contribution in [2.75, 3.05) is 28.2 Å². The number of hydrogen-bond donors (Lipinski definition) is 0. The maximum Gasteiger partial charge on any atom is 0.176 e. The second-order valence-corrected chi connectivity index (χ2v) is 20.1. The third kappa shape index (κ3) is 9.33. The predicted molar refractivity (Wildman–Crippen MR) is 289 cm³/mol. The van der Waals surface area contributed by atoms with E-state index in [1.165, 1.54) is 43.1 Å². The first-order valence-electron chi connectivity index (χ1n) is 22.7. The summed E-state index contributed by atoms with van der Waals surface area (Å²) in [5.41, 5.74) is 8.33. The number of hydrogen-bond acceptors (Lipinski definition) is 3. The number of allylic oxidation sites excluding steroid dienone is 1. The van der Waals surface area contributed by atoms with Gasteiger partial charge in [-0.25, -0.2) is 4.99 Å². The first-order valence-corrected chi connectivity index (χ1v) is 24.5. The van der Waals surface area contributed by atoms with E-state index in [9.17, 15) is 0 Å². The molecule has 0 spiro atoms. The lowest BCUT2D eigenvalue weighted by Gasteiger charge is -2.44. The molecule has 0 heterocycles. The van der Waals surface area contributed by atoms with Crippen LogP contribution in [0.25, 0.3) is 0 Å². The lowest BCUT2D eigenvalue weighted by Crippen LogP contribution is -2.74. The Balaban J connectivity index is 0.000000201. The van der Waals surface area contributed by atoms with Gasteiger partial charge in [0.1, 0.15) is 27.8 Å². The van der Waals surface area contributed by atoms with E-state index in [2.05, 4.69) is 305 Å². The van der Waals surface area contributed by atoms with E-state index >= 15 is 0 Å². The summed E-state index contributed by atoms with van der Waals surface area (Å²) < 4.78 is 0. The Hall–Kier alpha value is -7.52. The molecule has 0 saturated carbocycles. The van der Waals surface area contributed by atoms with Crippen molar-refractivity contribution in [3.63, 3.8) is 0 Å². The van der Waals surface area contributed by atoms with Gasteiger partial charge >= 0.3 is 0 Å². The molecule has 0 bridgehead atoms. The lowest BCUT2D eigenvalue weighted by atomic mass is 9.13. The maximum atomic E-state index is 5.49. The molecular formula is C61H57BN3P. The Labute approximate surface area is 393 Å². The van der Waals surface area contributed by atoms with E-state index in [0.717, 1.165) is 22.8 Å². The average molecular weight is 874 g/mol. The minimum absolute atomic E-state index is 0.924. The molecule has 5 heteroatoms. The molecule has 9 rings (SSSR count). The minimum Gasteiger partial charge on any atom is -0.361 e. The number of aliphatic imine (C=N–C) groups is 1. The Kier molecular flexibility index (Phi) is 14.6. The summed E-state index contributed by atoms with van der Waals surface area (Å²) in [4.78, 5) is 9.97. The molecule has 0 aliphatic heterocycles. The fraction of sp³-hybridized carbons (Fsp3) is 0.0656. The van der Waals surface area contributed by atoms with Crippen molar-refractivity contribution in [3.8, 4) is 0 Å². The van der Waals surface area contributed by atoms with Crippen LogP contribution in [0.5, 0.6) is 0 Å². The summed E-state index contributed by atoms with van der Waals surface area (Å²) in [6, 6.07) is 97.5. The molecular weight excluding hydrogens is 816 g/mol. The second-order valence-electron chi connectivity index (χ2n) is 16.8. The minimum atomic E-state index is -2.52. The molecule has 0 fully saturated rings. The first kappa shape index (κ1) is 45.1. The van der Waals surface area contributed by atoms with Gasteiger partial charge in [0.15, 0.2) is 18.4 Å². The largest absolute Gasteiger partial charge is 0.361 e. The third-order valence-corrected chi connectivity index (χ3v) is 16.6. The monoisotopic (exact) mass is 873 g/mol. The smallest absolute Gasteiger partial charge is 0.176 e. The number of rotatable bonds is 13. The highest BCUT2D eigenvalue weighted by Crippen LogP contribution is 2.64. The highest BCUT2D eigenvalue weighted by molar-refractivity contribution is 7.99. The van der Waals surface area contributed by atoms with Gasteiger partial charge < -0.3 is 9.80 Å². The van der Waals surface area contributed by atoms with E-state index in [1.807, 2.05) is 6.07 Å². The molecule has 0 radical (unpaired) electrons. The third-order valence-electron chi connectivity index (χ3n) is 12.3. The summed E-state index contributed by atoms with van der Waals surface area (Å²) in [6.45, 7) is 0. The Morgan fingerprint density at radius 2 is 0.591 bits per heavy atom. The summed E-state index contributed by atoms with van der Waals surface area (Å²) in [5.74, 6) is 1.12. The maximum absolute atomic E-state index is 5.49. The second kappa shape index (κ2) is 21.4. The molecule has 0 aromatic heterocycles. The molecule has 9 aromatic carbocycles. The quantitative estimate of drug-likeness (QED) is 0.0653. The molecule has 66 heavy (non-hydrogen) atoms. The summed E-state index contributed by atoms with van der Waals surface area (Å²) in [6.07, 6.45) is -1.22. The van der Waals surface area contributed by atoms with Crippen molar-refractivity contribution in [2.24, 2.45) is 4.99 Å². The SMILES string of the molecule is CN(C)C(=C(C(=Nc1ccccc1)c1ccccc1)[P+](c1ccccc1)(c1ccccc1)c1ccccc1)N(C)C.c1ccc([B-](c2ccccc2)(c2ccccc2)c2ccccc2)cc1. The molecule has 0 unspecified atom stereocenters. The molecule has 0 amide bonds. The van der Waals surface area contributed by atoms with Crippen molar-refractivity contribution >= 4 is 62.6 Å². The van der Waals surface area contributed by atoms with E-state index in [4.69, 9.17) is 4.99 Å². The molecule has 0 N–H and O–H groups in total. The van der Waals surface area contributed by atoms with Crippen molar-refractivity contribution in [1.29, 1.82) is 0 Å². The van der Waals surface area contributed by atoms with Crippen LogP contribution in [0.1, 0.15) is 5.56 Å². The molecule has 0 saturated heterocycles. The van der Waals surface area contributed by atoms with Crippen LogP contribution in [0.15, 0.2) is 289 Å². The fourth-order valence-electron chi connectivity index (χ4n) is 9.63. The number of nitrogens with zero attached hydrogens (tertiary/aromatic N) is 3. The van der Waals surface area contributed by atoms with Crippen molar-refractivity contribution in [2.45, 2.75) is 0 Å². The summed E-state index contributed by atoms with van der Waals surface area (Å²) in [7, 11) is 6.02. The Bertz CT molecular complexity index is 2640. The van der Waals surface area contributed by atoms with Gasteiger partial charge in [-0.2, -0.15) is 21.9 Å². The van der Waals surface area contributed by atoms with E-state index in [0.29, 0.717) is 0 Å². The van der Waals surface area contributed by atoms with Crippen LogP contribution in [0.2, 0.25) is 0 Å². The summed E-state index contributed by atoms with van der Waals surface area (Å²) >= 11 is 0. The highest BCUT2D eigenvalue weighted by Gasteiger charge is 2.54. The molecule has 3 nitrogen and oxygen atoms in total. The van der Waals surface area contributed by atoms with Crippen LogP contribution < -0.4 is 37.8 Å². The van der Waals surface area contributed by atoms with Gasteiger partial charge in [0.05, 0.1) is 5.69 Å². The summed E-state index contributed by atoms with van der Waals surface area (Å²) in [5, 5.41) is 5.06. The standard InChI is InChI=1S/C37H37N3P.C24H20B/c1-39(2)37(40(3)4)36(35(30-20-10-5-11-21-30)38-31-22-12-6-13-23-31)41(32-24-14-7-15-25-32,33-26-16-8-17-27-33)34-28-18-9-19-29-34;1-5-13-21(14-6-1)25(22-15-7-2-8-16-22,23-17-9-3-10-18-23)24-19-11-4-12-20-24/h5-29H,1-4H3;1-20H/q+1;-1. The predicted octanol–water partition coefficient (Wildman–Crippen LogP) is 10.2. The van der Waals surface area contributed by atoms with Gasteiger partial charge in [-0.05, 0) is 48.5 Å². The van der Waals surface area contributed by atoms with Crippen LogP contribution in [-0.4, -0.2) is 49.8 Å². The molecule has 9 aromatic rings. The highest BCUT2D eigenvalue weighted by atomic mass is 31.2. The molecule has 0 aliphatic carbocycles. The van der Waals surface area contributed by atoms with Crippen LogP contribution in [0, 0.1) is 0 Å². The topological polar surface area (TPSA) is 18.8 Å². The zero-order valence-electron chi connectivity index (χ0n) is 38.3. The average Bonchev–Trinajstić information content (AvgIpc) is 3.39. The number of benzene rings is 9. The van der Waals surface area contributed by atoms with Gasteiger partial charge in [0.2, 0.25) is 0 Å².